The fourth-order valence-electron chi connectivity index (χ4n) is 1.61. The zero-order valence-corrected chi connectivity index (χ0v) is 12.7. The summed E-state index contributed by atoms with van der Waals surface area (Å²) in [6, 6.07) is 2.77. The van der Waals surface area contributed by atoms with Crippen LogP contribution in [0.2, 0.25) is 0 Å². The fraction of sp³-hybridized carbons (Fsp3) is 0.286. The maximum absolute atomic E-state index is 13.8. The van der Waals surface area contributed by atoms with E-state index < -0.39 is 17.5 Å². The summed E-state index contributed by atoms with van der Waals surface area (Å²) in [6.45, 7) is 5.71. The molecule has 0 unspecified atom stereocenters. The van der Waals surface area contributed by atoms with Crippen molar-refractivity contribution in [3.8, 4) is 11.3 Å². The lowest BCUT2D eigenvalue weighted by atomic mass is 9.95. The van der Waals surface area contributed by atoms with E-state index in [1.54, 1.807) is 0 Å². The lowest BCUT2D eigenvalue weighted by Crippen LogP contribution is -2.16. The molecule has 1 aromatic heterocycles. The van der Waals surface area contributed by atoms with Crippen molar-refractivity contribution in [3.63, 3.8) is 0 Å². The van der Waals surface area contributed by atoms with Gasteiger partial charge in [0.25, 0.3) is 0 Å². The molecule has 0 radical (unpaired) electrons. The SMILES string of the molecule is CC(C)(C)c1nc(Br)cc(-c2cc(F)c(F)cc2F)n1. The molecule has 0 fully saturated rings. The van der Waals surface area contributed by atoms with Crippen molar-refractivity contribution >= 4 is 15.9 Å². The van der Waals surface area contributed by atoms with E-state index in [0.29, 0.717) is 16.5 Å². The number of halogens is 4. The number of nitrogens with zero attached hydrogens (tertiary/aromatic N) is 2. The predicted molar refractivity (Wildman–Crippen MR) is 73.7 cm³/mol. The second-order valence-electron chi connectivity index (χ2n) is 5.40. The van der Waals surface area contributed by atoms with Crippen molar-refractivity contribution in [3.05, 3.63) is 46.1 Å². The Balaban J connectivity index is 2.64. The van der Waals surface area contributed by atoms with E-state index in [2.05, 4.69) is 25.9 Å². The first kappa shape index (κ1) is 15.0. The van der Waals surface area contributed by atoms with Crippen LogP contribution in [0, 0.1) is 17.5 Å². The summed E-state index contributed by atoms with van der Waals surface area (Å²) in [5.74, 6) is -2.73. The third-order valence-corrected chi connectivity index (χ3v) is 3.06. The van der Waals surface area contributed by atoms with Gasteiger partial charge < -0.3 is 0 Å². The minimum atomic E-state index is -1.23. The van der Waals surface area contributed by atoms with Crippen LogP contribution in [0.3, 0.4) is 0 Å². The number of rotatable bonds is 1. The number of benzene rings is 1. The smallest absolute Gasteiger partial charge is 0.161 e. The first-order valence-electron chi connectivity index (χ1n) is 5.88. The van der Waals surface area contributed by atoms with Gasteiger partial charge in [-0.15, -0.1) is 0 Å². The van der Waals surface area contributed by atoms with E-state index in [-0.39, 0.29) is 16.7 Å². The molecule has 0 aliphatic carbocycles. The maximum Gasteiger partial charge on any atom is 0.161 e. The topological polar surface area (TPSA) is 25.8 Å². The van der Waals surface area contributed by atoms with E-state index in [0.717, 1.165) is 6.07 Å². The highest BCUT2D eigenvalue weighted by atomic mass is 79.9. The van der Waals surface area contributed by atoms with Crippen molar-refractivity contribution in [2.45, 2.75) is 26.2 Å². The van der Waals surface area contributed by atoms with Crippen molar-refractivity contribution in [2.24, 2.45) is 0 Å². The van der Waals surface area contributed by atoms with E-state index >= 15 is 0 Å². The highest BCUT2D eigenvalue weighted by Crippen LogP contribution is 2.28. The summed E-state index contributed by atoms with van der Waals surface area (Å²) in [7, 11) is 0. The molecule has 1 heterocycles. The molecular formula is C14H12BrF3N2. The van der Waals surface area contributed by atoms with Gasteiger partial charge >= 0.3 is 0 Å². The molecule has 6 heteroatoms. The van der Waals surface area contributed by atoms with Crippen molar-refractivity contribution in [1.82, 2.24) is 9.97 Å². The molecule has 0 spiro atoms. The van der Waals surface area contributed by atoms with Crippen LogP contribution in [0.5, 0.6) is 0 Å². The molecule has 2 aromatic rings. The summed E-state index contributed by atoms with van der Waals surface area (Å²) in [6.07, 6.45) is 0. The van der Waals surface area contributed by atoms with Gasteiger partial charge in [-0.25, -0.2) is 23.1 Å². The van der Waals surface area contributed by atoms with Crippen LogP contribution < -0.4 is 0 Å². The molecule has 0 atom stereocenters. The van der Waals surface area contributed by atoms with Gasteiger partial charge in [0, 0.05) is 17.0 Å². The number of aromatic nitrogens is 2. The average molecular weight is 345 g/mol. The molecule has 2 rings (SSSR count). The van der Waals surface area contributed by atoms with Gasteiger partial charge in [-0.1, -0.05) is 20.8 Å². The number of hydrogen-bond acceptors (Lipinski definition) is 2. The van der Waals surface area contributed by atoms with Crippen LogP contribution in [0.1, 0.15) is 26.6 Å². The van der Waals surface area contributed by atoms with Crippen molar-refractivity contribution < 1.29 is 13.2 Å². The predicted octanol–water partition coefficient (Wildman–Crippen LogP) is 4.62. The summed E-state index contributed by atoms with van der Waals surface area (Å²) in [5.41, 5.74) is -0.251. The van der Waals surface area contributed by atoms with Gasteiger partial charge in [0.05, 0.1) is 5.69 Å². The first-order chi connectivity index (χ1) is 9.18. The molecule has 2 nitrogen and oxygen atoms in total. The van der Waals surface area contributed by atoms with Crippen LogP contribution in [0.15, 0.2) is 22.8 Å². The Morgan fingerprint density at radius 2 is 1.50 bits per heavy atom. The Kier molecular flexibility index (Phi) is 3.86. The molecule has 0 saturated heterocycles. The van der Waals surface area contributed by atoms with Crippen molar-refractivity contribution in [1.29, 1.82) is 0 Å². The Bertz CT molecular complexity index is 666. The van der Waals surface area contributed by atoms with Gasteiger partial charge in [0.15, 0.2) is 11.6 Å². The average Bonchev–Trinajstić information content (AvgIpc) is 2.32. The maximum atomic E-state index is 13.8. The van der Waals surface area contributed by atoms with Gasteiger partial charge in [0.1, 0.15) is 16.2 Å². The Morgan fingerprint density at radius 3 is 2.10 bits per heavy atom. The van der Waals surface area contributed by atoms with E-state index in [4.69, 9.17) is 0 Å². The lowest BCUT2D eigenvalue weighted by Gasteiger charge is -2.17. The van der Waals surface area contributed by atoms with Gasteiger partial charge in [0.2, 0.25) is 0 Å². The zero-order valence-electron chi connectivity index (χ0n) is 11.1. The Morgan fingerprint density at radius 1 is 0.900 bits per heavy atom. The Hall–Kier alpha value is -1.43. The van der Waals surface area contributed by atoms with Gasteiger partial charge in [-0.3, -0.25) is 0 Å². The molecule has 0 aliphatic rings. The minimum Gasteiger partial charge on any atom is -0.232 e. The zero-order chi connectivity index (χ0) is 15.1. The summed E-state index contributed by atoms with van der Waals surface area (Å²) in [4.78, 5) is 8.45. The van der Waals surface area contributed by atoms with Crippen LogP contribution in [-0.4, -0.2) is 9.97 Å². The monoisotopic (exact) mass is 344 g/mol. The fourth-order valence-corrected chi connectivity index (χ4v) is 1.99. The largest absolute Gasteiger partial charge is 0.232 e. The molecule has 0 bridgehead atoms. The highest BCUT2D eigenvalue weighted by Gasteiger charge is 2.20. The second kappa shape index (κ2) is 5.16. The first-order valence-corrected chi connectivity index (χ1v) is 6.68. The number of hydrogen-bond donors (Lipinski definition) is 0. The molecule has 0 N–H and O–H groups in total. The Labute approximate surface area is 123 Å². The third kappa shape index (κ3) is 3.00. The van der Waals surface area contributed by atoms with Crippen LogP contribution in [0.4, 0.5) is 13.2 Å². The van der Waals surface area contributed by atoms with E-state index in [1.807, 2.05) is 20.8 Å². The molecule has 20 heavy (non-hydrogen) atoms. The standard InChI is InChI=1S/C14H12BrF3N2/c1-14(2,3)13-19-11(6-12(15)20-13)7-4-9(17)10(18)5-8(7)16/h4-6H,1-3H3. The molecule has 106 valence electrons. The van der Waals surface area contributed by atoms with Crippen molar-refractivity contribution in [2.75, 3.05) is 0 Å². The summed E-state index contributed by atoms with van der Waals surface area (Å²) >= 11 is 3.22. The highest BCUT2D eigenvalue weighted by molar-refractivity contribution is 9.10. The summed E-state index contributed by atoms with van der Waals surface area (Å²) in [5, 5.41) is 0. The quantitative estimate of drug-likeness (QED) is 0.557. The normalized spacial score (nSPS) is 11.8. The minimum absolute atomic E-state index is 0.0995. The van der Waals surface area contributed by atoms with E-state index in [1.165, 1.54) is 6.07 Å². The van der Waals surface area contributed by atoms with Gasteiger partial charge in [-0.2, -0.15) is 0 Å². The van der Waals surface area contributed by atoms with Gasteiger partial charge in [-0.05, 0) is 28.1 Å². The molecule has 0 saturated carbocycles. The lowest BCUT2D eigenvalue weighted by molar-refractivity contribution is 0.495. The van der Waals surface area contributed by atoms with Crippen LogP contribution in [0.25, 0.3) is 11.3 Å². The third-order valence-electron chi connectivity index (χ3n) is 2.65. The molecule has 0 amide bonds. The second-order valence-corrected chi connectivity index (χ2v) is 6.21. The van der Waals surface area contributed by atoms with E-state index in [9.17, 15) is 13.2 Å². The summed E-state index contributed by atoms with van der Waals surface area (Å²) < 4.78 is 40.5. The van der Waals surface area contributed by atoms with Crippen LogP contribution >= 0.6 is 15.9 Å². The molecule has 1 aromatic carbocycles. The molecular weight excluding hydrogens is 333 g/mol. The van der Waals surface area contributed by atoms with Crippen LogP contribution in [-0.2, 0) is 5.41 Å². The molecule has 0 aliphatic heterocycles.